The predicted octanol–water partition coefficient (Wildman–Crippen LogP) is 3.28. The number of carbonyl (C=O) groups is 2. The molecular formula is C15H12FNO2. The van der Waals surface area contributed by atoms with E-state index >= 15 is 0 Å². The first-order valence-corrected chi connectivity index (χ1v) is 5.74. The minimum atomic E-state index is -0.387. The van der Waals surface area contributed by atoms with Crippen molar-refractivity contribution >= 4 is 17.4 Å². The molecule has 0 aliphatic carbocycles. The van der Waals surface area contributed by atoms with Crippen LogP contribution >= 0.6 is 0 Å². The average Bonchev–Trinajstić information content (AvgIpc) is 2.40. The number of hydrogen-bond donors (Lipinski definition) is 1. The van der Waals surface area contributed by atoms with Crippen LogP contribution in [-0.4, -0.2) is 11.7 Å². The van der Waals surface area contributed by atoms with E-state index in [2.05, 4.69) is 5.32 Å². The predicted molar refractivity (Wildman–Crippen MR) is 70.8 cm³/mol. The summed E-state index contributed by atoms with van der Waals surface area (Å²) in [5.74, 6) is -0.741. The first kappa shape index (κ1) is 13.0. The van der Waals surface area contributed by atoms with E-state index in [4.69, 9.17) is 0 Å². The van der Waals surface area contributed by atoms with Crippen molar-refractivity contribution in [1.29, 1.82) is 0 Å². The molecule has 0 aromatic heterocycles. The Labute approximate surface area is 110 Å². The van der Waals surface area contributed by atoms with E-state index < -0.39 is 0 Å². The van der Waals surface area contributed by atoms with E-state index in [0.717, 1.165) is 0 Å². The van der Waals surface area contributed by atoms with Gasteiger partial charge in [0.05, 0.1) is 0 Å². The zero-order valence-corrected chi connectivity index (χ0v) is 10.3. The van der Waals surface area contributed by atoms with Gasteiger partial charge in [0, 0.05) is 16.8 Å². The molecule has 3 nitrogen and oxygen atoms in total. The van der Waals surface area contributed by atoms with E-state index in [1.807, 2.05) is 0 Å². The largest absolute Gasteiger partial charge is 0.322 e. The number of ketones is 1. The summed E-state index contributed by atoms with van der Waals surface area (Å²) in [7, 11) is 0. The summed E-state index contributed by atoms with van der Waals surface area (Å²) >= 11 is 0. The van der Waals surface area contributed by atoms with E-state index in [-0.39, 0.29) is 17.5 Å². The van der Waals surface area contributed by atoms with Gasteiger partial charge in [0.25, 0.3) is 5.91 Å². The number of halogens is 1. The molecule has 4 heteroatoms. The Morgan fingerprint density at radius 1 is 0.895 bits per heavy atom. The van der Waals surface area contributed by atoms with Crippen molar-refractivity contribution in [3.8, 4) is 0 Å². The summed E-state index contributed by atoms with van der Waals surface area (Å²) in [6.07, 6.45) is 0. The Balaban J connectivity index is 2.10. The highest BCUT2D eigenvalue weighted by Gasteiger charge is 2.06. The molecule has 0 aliphatic rings. The van der Waals surface area contributed by atoms with Gasteiger partial charge < -0.3 is 5.32 Å². The van der Waals surface area contributed by atoms with Crippen LogP contribution in [0.4, 0.5) is 10.1 Å². The molecule has 0 radical (unpaired) electrons. The molecule has 2 aromatic rings. The molecule has 1 N–H and O–H groups in total. The lowest BCUT2D eigenvalue weighted by Gasteiger charge is -2.05. The first-order valence-electron chi connectivity index (χ1n) is 5.74. The molecular weight excluding hydrogens is 245 g/mol. The van der Waals surface area contributed by atoms with Gasteiger partial charge in [-0.3, -0.25) is 9.59 Å². The number of carbonyl (C=O) groups excluding carboxylic acids is 2. The summed E-state index contributed by atoms with van der Waals surface area (Å²) in [6, 6.07) is 11.9. The van der Waals surface area contributed by atoms with E-state index in [1.54, 1.807) is 24.3 Å². The van der Waals surface area contributed by atoms with Gasteiger partial charge in [-0.1, -0.05) is 0 Å². The summed E-state index contributed by atoms with van der Waals surface area (Å²) < 4.78 is 12.7. The fraction of sp³-hybridized carbons (Fsp3) is 0.0667. The number of hydrogen-bond acceptors (Lipinski definition) is 2. The Morgan fingerprint density at radius 2 is 1.42 bits per heavy atom. The third-order valence-electron chi connectivity index (χ3n) is 2.66. The number of nitrogens with one attached hydrogen (secondary N) is 1. The molecule has 0 unspecified atom stereocenters. The highest BCUT2D eigenvalue weighted by molar-refractivity contribution is 6.04. The van der Waals surface area contributed by atoms with Crippen molar-refractivity contribution in [1.82, 2.24) is 0 Å². The third kappa shape index (κ3) is 3.25. The normalized spacial score (nSPS) is 10.0. The van der Waals surface area contributed by atoms with Gasteiger partial charge in [-0.05, 0) is 55.5 Å². The lowest BCUT2D eigenvalue weighted by molar-refractivity contribution is 0.101. The van der Waals surface area contributed by atoms with Crippen LogP contribution in [0.2, 0.25) is 0 Å². The third-order valence-corrected chi connectivity index (χ3v) is 2.66. The van der Waals surface area contributed by atoms with Gasteiger partial charge >= 0.3 is 0 Å². The molecule has 0 fully saturated rings. The van der Waals surface area contributed by atoms with Crippen molar-refractivity contribution in [2.45, 2.75) is 6.92 Å². The summed E-state index contributed by atoms with van der Waals surface area (Å²) in [4.78, 5) is 23.0. The van der Waals surface area contributed by atoms with Crippen LogP contribution in [0, 0.1) is 5.82 Å². The maximum absolute atomic E-state index is 12.7. The van der Waals surface area contributed by atoms with Crippen LogP contribution in [0.15, 0.2) is 48.5 Å². The molecule has 0 aliphatic heterocycles. The molecule has 0 atom stereocenters. The van der Waals surface area contributed by atoms with Crippen LogP contribution < -0.4 is 5.32 Å². The van der Waals surface area contributed by atoms with Crippen molar-refractivity contribution < 1.29 is 14.0 Å². The fourth-order valence-electron chi connectivity index (χ4n) is 1.59. The van der Waals surface area contributed by atoms with Crippen LogP contribution in [0.5, 0.6) is 0 Å². The average molecular weight is 257 g/mol. The lowest BCUT2D eigenvalue weighted by Crippen LogP contribution is -2.11. The monoisotopic (exact) mass is 257 g/mol. The van der Waals surface area contributed by atoms with Gasteiger partial charge in [0.1, 0.15) is 5.82 Å². The van der Waals surface area contributed by atoms with Gasteiger partial charge in [-0.25, -0.2) is 4.39 Å². The van der Waals surface area contributed by atoms with Crippen LogP contribution in [-0.2, 0) is 0 Å². The number of amides is 1. The van der Waals surface area contributed by atoms with E-state index in [1.165, 1.54) is 31.2 Å². The molecule has 0 bridgehead atoms. The standard InChI is InChI=1S/C15H12FNO2/c1-10(18)11-4-8-14(9-5-11)17-15(19)12-2-6-13(16)7-3-12/h2-9H,1H3,(H,17,19). The molecule has 0 heterocycles. The van der Waals surface area contributed by atoms with Crippen LogP contribution in [0.1, 0.15) is 27.6 Å². The Hall–Kier alpha value is -2.49. The molecule has 96 valence electrons. The zero-order chi connectivity index (χ0) is 13.8. The molecule has 0 saturated carbocycles. The van der Waals surface area contributed by atoms with Crippen LogP contribution in [0.3, 0.4) is 0 Å². The van der Waals surface area contributed by atoms with Gasteiger partial charge in [0.15, 0.2) is 5.78 Å². The van der Waals surface area contributed by atoms with Crippen LogP contribution in [0.25, 0.3) is 0 Å². The molecule has 0 saturated heterocycles. The second kappa shape index (κ2) is 5.44. The Kier molecular flexibility index (Phi) is 3.71. The molecule has 1 amide bonds. The molecule has 0 spiro atoms. The minimum Gasteiger partial charge on any atom is -0.322 e. The minimum absolute atomic E-state index is 0.0311. The molecule has 2 rings (SSSR count). The summed E-state index contributed by atoms with van der Waals surface area (Å²) in [5.41, 5.74) is 1.54. The van der Waals surface area contributed by atoms with Gasteiger partial charge in [0.2, 0.25) is 0 Å². The number of benzene rings is 2. The second-order valence-electron chi connectivity index (χ2n) is 4.09. The van der Waals surface area contributed by atoms with Crippen molar-refractivity contribution in [3.05, 3.63) is 65.5 Å². The highest BCUT2D eigenvalue weighted by Crippen LogP contribution is 2.12. The molecule has 19 heavy (non-hydrogen) atoms. The van der Waals surface area contributed by atoms with E-state index in [0.29, 0.717) is 16.8 Å². The maximum atomic E-state index is 12.7. The number of Topliss-reactive ketones (excluding diaryl/α,β-unsaturated/α-hetero) is 1. The van der Waals surface area contributed by atoms with Gasteiger partial charge in [-0.15, -0.1) is 0 Å². The smallest absolute Gasteiger partial charge is 0.255 e. The van der Waals surface area contributed by atoms with E-state index in [9.17, 15) is 14.0 Å². The van der Waals surface area contributed by atoms with Crippen molar-refractivity contribution in [2.24, 2.45) is 0 Å². The maximum Gasteiger partial charge on any atom is 0.255 e. The topological polar surface area (TPSA) is 46.2 Å². The quantitative estimate of drug-likeness (QED) is 0.858. The highest BCUT2D eigenvalue weighted by atomic mass is 19.1. The van der Waals surface area contributed by atoms with Crippen molar-refractivity contribution in [2.75, 3.05) is 5.32 Å². The Morgan fingerprint density at radius 3 is 1.95 bits per heavy atom. The SMILES string of the molecule is CC(=O)c1ccc(NC(=O)c2ccc(F)cc2)cc1. The first-order chi connectivity index (χ1) is 9.06. The number of rotatable bonds is 3. The second-order valence-corrected chi connectivity index (χ2v) is 4.09. The number of anilines is 1. The lowest BCUT2D eigenvalue weighted by atomic mass is 10.1. The fourth-order valence-corrected chi connectivity index (χ4v) is 1.59. The summed E-state index contributed by atoms with van der Waals surface area (Å²) in [5, 5.41) is 2.67. The zero-order valence-electron chi connectivity index (χ0n) is 10.3. The molecule has 2 aromatic carbocycles. The Bertz CT molecular complexity index is 603. The van der Waals surface area contributed by atoms with Crippen molar-refractivity contribution in [3.63, 3.8) is 0 Å². The summed E-state index contributed by atoms with van der Waals surface area (Å²) in [6.45, 7) is 1.48. The van der Waals surface area contributed by atoms with Gasteiger partial charge in [-0.2, -0.15) is 0 Å².